The maximum absolute atomic E-state index is 12.4. The van der Waals surface area contributed by atoms with Gasteiger partial charge in [0.25, 0.3) is 0 Å². The van der Waals surface area contributed by atoms with Gasteiger partial charge in [0.15, 0.2) is 0 Å². The summed E-state index contributed by atoms with van der Waals surface area (Å²) in [5, 5.41) is 16.3. The fourth-order valence-electron chi connectivity index (χ4n) is 5.38. The third kappa shape index (κ3) is 2.30. The van der Waals surface area contributed by atoms with Crippen LogP contribution in [0.3, 0.4) is 0 Å². The highest BCUT2D eigenvalue weighted by atomic mass is 16.4. The van der Waals surface area contributed by atoms with Gasteiger partial charge in [0.05, 0.1) is 0 Å². The van der Waals surface area contributed by atoms with Crippen LogP contribution in [0.25, 0.3) is 0 Å². The van der Waals surface area contributed by atoms with E-state index in [-0.39, 0.29) is 23.7 Å². The van der Waals surface area contributed by atoms with E-state index in [2.05, 4.69) is 10.4 Å². The maximum atomic E-state index is 12.4. The molecule has 4 aliphatic rings. The predicted octanol–water partition coefficient (Wildman–Crippen LogP) is 1.67. The van der Waals surface area contributed by atoms with Gasteiger partial charge >= 0.3 is 5.97 Å². The van der Waals surface area contributed by atoms with Gasteiger partial charge in [-0.05, 0) is 62.3 Å². The van der Waals surface area contributed by atoms with Crippen LogP contribution >= 0.6 is 0 Å². The van der Waals surface area contributed by atoms with E-state index in [1.807, 2.05) is 0 Å². The molecule has 0 unspecified atom stereocenters. The Morgan fingerprint density at radius 1 is 1.23 bits per heavy atom. The van der Waals surface area contributed by atoms with Crippen LogP contribution in [0.15, 0.2) is 12.3 Å². The Balaban J connectivity index is 1.46. The molecule has 4 bridgehead atoms. The quantitative estimate of drug-likeness (QED) is 0.886. The summed E-state index contributed by atoms with van der Waals surface area (Å²) in [4.78, 5) is 23.5. The Bertz CT molecular complexity index is 587. The van der Waals surface area contributed by atoms with Crippen molar-refractivity contribution < 1.29 is 14.7 Å². The number of amides is 1. The number of nitrogens with one attached hydrogen (secondary N) is 1. The molecule has 4 fully saturated rings. The molecule has 2 N–H and O–H groups in total. The van der Waals surface area contributed by atoms with Crippen molar-refractivity contribution in [3.8, 4) is 0 Å². The monoisotopic (exact) mass is 303 g/mol. The van der Waals surface area contributed by atoms with E-state index in [1.165, 1.54) is 36.2 Å². The fourth-order valence-corrected chi connectivity index (χ4v) is 5.38. The van der Waals surface area contributed by atoms with Gasteiger partial charge in [-0.1, -0.05) is 0 Å². The van der Waals surface area contributed by atoms with E-state index in [0.717, 1.165) is 37.0 Å². The lowest BCUT2D eigenvalue weighted by Crippen LogP contribution is -2.60. The van der Waals surface area contributed by atoms with Crippen LogP contribution in [0.2, 0.25) is 0 Å². The van der Waals surface area contributed by atoms with E-state index in [1.54, 1.807) is 0 Å². The number of hydrogen-bond acceptors (Lipinski definition) is 3. The SMILES string of the molecule is O=C(Cn1nccc1C(=O)O)NC12CC3CC(CC(C3)C1)C2. The van der Waals surface area contributed by atoms with Crippen molar-refractivity contribution in [1.82, 2.24) is 15.1 Å². The average molecular weight is 303 g/mol. The molecule has 1 amide bonds. The van der Waals surface area contributed by atoms with Crippen LogP contribution in [0.4, 0.5) is 0 Å². The summed E-state index contributed by atoms with van der Waals surface area (Å²) >= 11 is 0. The first kappa shape index (κ1) is 13.8. The summed E-state index contributed by atoms with van der Waals surface area (Å²) < 4.78 is 1.26. The largest absolute Gasteiger partial charge is 0.477 e. The van der Waals surface area contributed by atoms with Crippen molar-refractivity contribution in [2.75, 3.05) is 0 Å². The Kier molecular flexibility index (Phi) is 3.03. The second-order valence-electron chi connectivity index (χ2n) is 7.43. The molecule has 6 nitrogen and oxygen atoms in total. The molecule has 1 heterocycles. The molecule has 6 heteroatoms. The van der Waals surface area contributed by atoms with Gasteiger partial charge in [0.1, 0.15) is 12.2 Å². The molecule has 5 rings (SSSR count). The van der Waals surface area contributed by atoms with E-state index >= 15 is 0 Å². The van der Waals surface area contributed by atoms with Crippen molar-refractivity contribution >= 4 is 11.9 Å². The number of nitrogens with zero attached hydrogens (tertiary/aromatic N) is 2. The van der Waals surface area contributed by atoms with E-state index in [0.29, 0.717) is 0 Å². The third-order valence-corrected chi connectivity index (χ3v) is 5.67. The van der Waals surface area contributed by atoms with Crippen LogP contribution in [0, 0.1) is 17.8 Å². The smallest absolute Gasteiger partial charge is 0.354 e. The average Bonchev–Trinajstić information content (AvgIpc) is 2.84. The standard InChI is InChI=1S/C16H21N3O3/c20-14(9-19-13(15(21)22)1-2-17-19)18-16-6-10-3-11(7-16)5-12(4-10)8-16/h1-2,10-12H,3-9H2,(H,18,20)(H,21,22). The van der Waals surface area contributed by atoms with Crippen LogP contribution in [-0.4, -0.2) is 32.3 Å². The fraction of sp³-hybridized carbons (Fsp3) is 0.688. The minimum absolute atomic E-state index is 0.0175. The zero-order valence-corrected chi connectivity index (χ0v) is 12.5. The van der Waals surface area contributed by atoms with Gasteiger partial charge < -0.3 is 10.4 Å². The van der Waals surface area contributed by atoms with Crippen LogP contribution in [-0.2, 0) is 11.3 Å². The zero-order chi connectivity index (χ0) is 15.3. The van der Waals surface area contributed by atoms with Gasteiger partial charge in [0, 0.05) is 11.7 Å². The third-order valence-electron chi connectivity index (χ3n) is 5.67. The van der Waals surface area contributed by atoms with Crippen molar-refractivity contribution in [3.05, 3.63) is 18.0 Å². The topological polar surface area (TPSA) is 84.2 Å². The van der Waals surface area contributed by atoms with Gasteiger partial charge in [-0.2, -0.15) is 5.10 Å². The van der Waals surface area contributed by atoms with Crippen LogP contribution < -0.4 is 5.32 Å². The molecule has 4 saturated carbocycles. The molecule has 0 aliphatic heterocycles. The summed E-state index contributed by atoms with van der Waals surface area (Å²) in [5.41, 5.74) is 0.0169. The lowest BCUT2D eigenvalue weighted by atomic mass is 9.53. The molecule has 4 aliphatic carbocycles. The molecular formula is C16H21N3O3. The summed E-state index contributed by atoms with van der Waals surface area (Å²) in [7, 11) is 0. The van der Waals surface area contributed by atoms with Crippen molar-refractivity contribution in [2.24, 2.45) is 17.8 Å². The van der Waals surface area contributed by atoms with Gasteiger partial charge in [-0.15, -0.1) is 0 Å². The summed E-state index contributed by atoms with van der Waals surface area (Å²) in [5.74, 6) is 1.13. The Hall–Kier alpha value is -1.85. The maximum Gasteiger partial charge on any atom is 0.354 e. The summed E-state index contributed by atoms with van der Waals surface area (Å²) in [6.45, 7) is -0.0175. The first-order valence-electron chi connectivity index (χ1n) is 8.09. The predicted molar refractivity (Wildman–Crippen MR) is 78.2 cm³/mol. The lowest BCUT2D eigenvalue weighted by Gasteiger charge is -2.56. The van der Waals surface area contributed by atoms with E-state index < -0.39 is 5.97 Å². The Labute approximate surface area is 128 Å². The minimum Gasteiger partial charge on any atom is -0.477 e. The highest BCUT2D eigenvalue weighted by Gasteiger charge is 2.51. The number of carboxylic acids is 1. The van der Waals surface area contributed by atoms with Crippen LogP contribution in [0.5, 0.6) is 0 Å². The molecule has 0 aromatic carbocycles. The number of rotatable bonds is 4. The molecule has 22 heavy (non-hydrogen) atoms. The van der Waals surface area contributed by atoms with Gasteiger partial charge in [-0.25, -0.2) is 9.48 Å². The first-order chi connectivity index (χ1) is 10.5. The Morgan fingerprint density at radius 3 is 2.36 bits per heavy atom. The molecular weight excluding hydrogens is 282 g/mol. The summed E-state index contributed by atoms with van der Waals surface area (Å²) in [6, 6.07) is 1.42. The molecule has 1 aromatic rings. The van der Waals surface area contributed by atoms with Crippen molar-refractivity contribution in [2.45, 2.75) is 50.6 Å². The molecule has 1 aromatic heterocycles. The summed E-state index contributed by atoms with van der Waals surface area (Å²) in [6.07, 6.45) is 8.69. The van der Waals surface area contributed by atoms with Crippen molar-refractivity contribution in [1.29, 1.82) is 0 Å². The van der Waals surface area contributed by atoms with E-state index in [9.17, 15) is 9.59 Å². The second-order valence-corrected chi connectivity index (χ2v) is 7.43. The first-order valence-corrected chi connectivity index (χ1v) is 8.09. The minimum atomic E-state index is -1.06. The highest BCUT2D eigenvalue weighted by molar-refractivity contribution is 5.86. The molecule has 118 valence electrons. The number of aromatic carboxylic acids is 1. The number of aromatic nitrogens is 2. The molecule has 0 radical (unpaired) electrons. The lowest BCUT2D eigenvalue weighted by molar-refractivity contribution is -0.127. The number of carbonyl (C=O) groups excluding carboxylic acids is 1. The second kappa shape index (κ2) is 4.83. The highest BCUT2D eigenvalue weighted by Crippen LogP contribution is 2.55. The van der Waals surface area contributed by atoms with Gasteiger partial charge in [-0.3, -0.25) is 4.79 Å². The molecule has 0 atom stereocenters. The number of hydrogen-bond donors (Lipinski definition) is 2. The van der Waals surface area contributed by atoms with E-state index in [4.69, 9.17) is 5.11 Å². The van der Waals surface area contributed by atoms with Crippen molar-refractivity contribution in [3.63, 3.8) is 0 Å². The normalized spacial score (nSPS) is 35.5. The molecule has 0 spiro atoms. The molecule has 0 saturated heterocycles. The van der Waals surface area contributed by atoms with Gasteiger partial charge in [0.2, 0.25) is 5.91 Å². The zero-order valence-electron chi connectivity index (χ0n) is 12.5. The number of carbonyl (C=O) groups is 2. The number of carboxylic acid groups (broad SMARTS) is 1. The van der Waals surface area contributed by atoms with Crippen LogP contribution in [0.1, 0.15) is 49.0 Å². The Morgan fingerprint density at radius 2 is 1.82 bits per heavy atom.